The molecule has 0 aliphatic heterocycles. The average molecular weight is 801 g/mol. The molecule has 0 aliphatic carbocycles. The van der Waals surface area contributed by atoms with Gasteiger partial charge in [0.1, 0.15) is 47.5 Å². The molecular formula is C32H19N4Na3O11S3. The van der Waals surface area contributed by atoms with E-state index in [9.17, 15) is 49.1 Å². The third-order valence-corrected chi connectivity index (χ3v) is 9.92. The van der Waals surface area contributed by atoms with Gasteiger partial charge in [0.15, 0.2) is 5.75 Å². The van der Waals surface area contributed by atoms with Crippen LogP contribution in [0.1, 0.15) is 0 Å². The molecule has 0 bridgehead atoms. The van der Waals surface area contributed by atoms with Crippen molar-refractivity contribution in [1.82, 2.24) is 0 Å². The molecule has 6 aromatic carbocycles. The zero-order valence-electron chi connectivity index (χ0n) is 27.9. The van der Waals surface area contributed by atoms with Gasteiger partial charge in [0.25, 0.3) is 0 Å². The largest absolute Gasteiger partial charge is 1.00 e. The molecule has 0 atom stereocenters. The van der Waals surface area contributed by atoms with Crippen molar-refractivity contribution in [2.24, 2.45) is 20.5 Å². The van der Waals surface area contributed by atoms with Crippen LogP contribution in [0.5, 0.6) is 11.5 Å². The van der Waals surface area contributed by atoms with Gasteiger partial charge in [-0.05, 0) is 70.4 Å². The summed E-state index contributed by atoms with van der Waals surface area (Å²) in [7, 11) is -16.4. The minimum absolute atomic E-state index is 0. The first-order valence-electron chi connectivity index (χ1n) is 14.0. The molecule has 0 radical (unpaired) electrons. The van der Waals surface area contributed by atoms with Gasteiger partial charge >= 0.3 is 88.7 Å². The molecule has 0 aliphatic rings. The quantitative estimate of drug-likeness (QED) is 0.0934. The van der Waals surface area contributed by atoms with Crippen LogP contribution in [0.25, 0.3) is 32.7 Å². The molecule has 53 heavy (non-hydrogen) atoms. The Morgan fingerprint density at radius 3 is 1.51 bits per heavy atom. The van der Waals surface area contributed by atoms with Gasteiger partial charge in [-0.25, -0.2) is 25.3 Å². The fourth-order valence-electron chi connectivity index (χ4n) is 5.06. The van der Waals surface area contributed by atoms with Crippen LogP contribution < -0.4 is 88.7 Å². The second-order valence-corrected chi connectivity index (χ2v) is 14.7. The van der Waals surface area contributed by atoms with Crippen molar-refractivity contribution in [3.8, 4) is 22.6 Å². The first kappa shape index (κ1) is 44.8. The summed E-state index contributed by atoms with van der Waals surface area (Å²) in [4.78, 5) is -3.81. The van der Waals surface area contributed by atoms with E-state index >= 15 is 0 Å². The van der Waals surface area contributed by atoms with Gasteiger partial charge in [-0.1, -0.05) is 54.6 Å². The summed E-state index contributed by atoms with van der Waals surface area (Å²) in [5.74, 6) is -1.30. The van der Waals surface area contributed by atoms with Crippen molar-refractivity contribution in [2.45, 2.75) is 14.7 Å². The number of fused-ring (bicyclic) bond motifs is 2. The third kappa shape index (κ3) is 9.98. The Bertz CT molecular complexity index is 2750. The number of rotatable bonds is 8. The smallest absolute Gasteiger partial charge is 0.744 e. The predicted octanol–water partition coefficient (Wildman–Crippen LogP) is -2.37. The topological polar surface area (TPSA) is 262 Å². The predicted molar refractivity (Wildman–Crippen MR) is 175 cm³/mol. The van der Waals surface area contributed by atoms with Gasteiger partial charge < -0.3 is 23.9 Å². The van der Waals surface area contributed by atoms with Crippen LogP contribution in [-0.4, -0.2) is 49.1 Å². The SMILES string of the molecule is O=S(=O)([O-])c1cc(S(=O)(=O)[O-])c2c(O)c(N=Nc3ccc(-c4ccc(N=Nc5c(O)ccc6ccccc56)cc4)cc3)c(S(=O)(=O)[O-])cc2c1.[Na+].[Na+].[Na+]. The molecule has 0 saturated heterocycles. The summed E-state index contributed by atoms with van der Waals surface area (Å²) in [6.45, 7) is 0. The zero-order valence-corrected chi connectivity index (χ0v) is 36.3. The Hall–Kier alpha value is -2.63. The average Bonchev–Trinajstić information content (AvgIpc) is 3.06. The van der Waals surface area contributed by atoms with Crippen LogP contribution in [0, 0.1) is 0 Å². The Kier molecular flexibility index (Phi) is 14.7. The van der Waals surface area contributed by atoms with E-state index in [2.05, 4.69) is 20.5 Å². The summed E-state index contributed by atoms with van der Waals surface area (Å²) in [6, 6.07) is 25.0. The van der Waals surface area contributed by atoms with Crippen LogP contribution in [0.15, 0.2) is 138 Å². The molecule has 21 heteroatoms. The van der Waals surface area contributed by atoms with Gasteiger partial charge in [-0.3, -0.25) is 0 Å². The van der Waals surface area contributed by atoms with E-state index in [1.165, 1.54) is 18.2 Å². The molecule has 254 valence electrons. The first-order valence-corrected chi connectivity index (χ1v) is 18.2. The van der Waals surface area contributed by atoms with Crippen molar-refractivity contribution in [1.29, 1.82) is 0 Å². The Morgan fingerprint density at radius 1 is 0.491 bits per heavy atom. The van der Waals surface area contributed by atoms with E-state index in [1.54, 1.807) is 42.5 Å². The monoisotopic (exact) mass is 800 g/mol. The molecule has 0 fully saturated rings. The van der Waals surface area contributed by atoms with E-state index in [0.29, 0.717) is 29.1 Å². The molecule has 0 unspecified atom stereocenters. The van der Waals surface area contributed by atoms with Gasteiger partial charge in [-0.2, -0.15) is 10.2 Å². The van der Waals surface area contributed by atoms with Gasteiger partial charge in [0, 0.05) is 10.8 Å². The number of benzene rings is 6. The molecule has 0 amide bonds. The number of phenolic OH excluding ortho intramolecular Hbond substituents is 2. The number of aromatic hydroxyl groups is 2. The van der Waals surface area contributed by atoms with Gasteiger partial charge in [0.2, 0.25) is 0 Å². The fourth-order valence-corrected chi connectivity index (χ4v) is 7.05. The van der Waals surface area contributed by atoms with Crippen molar-refractivity contribution in [3.05, 3.63) is 103 Å². The number of hydrogen-bond acceptors (Lipinski definition) is 15. The number of hydrogen-bond donors (Lipinski definition) is 2. The zero-order chi connectivity index (χ0) is 36.0. The van der Waals surface area contributed by atoms with Crippen molar-refractivity contribution >= 4 is 74.6 Å². The number of azo groups is 2. The molecule has 0 aromatic heterocycles. The second-order valence-electron chi connectivity index (χ2n) is 10.6. The van der Waals surface area contributed by atoms with E-state index < -0.39 is 67.3 Å². The molecule has 6 rings (SSSR count). The molecule has 0 spiro atoms. The second kappa shape index (κ2) is 17.4. The van der Waals surface area contributed by atoms with E-state index in [4.69, 9.17) is 0 Å². The summed E-state index contributed by atoms with van der Waals surface area (Å²) < 4.78 is 107. The van der Waals surface area contributed by atoms with Crippen LogP contribution in [0.3, 0.4) is 0 Å². The van der Waals surface area contributed by atoms with Gasteiger partial charge in [-0.15, -0.1) is 10.2 Å². The molecule has 0 heterocycles. The molecule has 2 N–H and O–H groups in total. The Balaban J connectivity index is 0.00000252. The van der Waals surface area contributed by atoms with E-state index in [-0.39, 0.29) is 106 Å². The summed E-state index contributed by atoms with van der Waals surface area (Å²) in [5.41, 5.74) is 1.34. The van der Waals surface area contributed by atoms with Gasteiger partial charge in [0.05, 0.1) is 26.1 Å². The Morgan fingerprint density at radius 2 is 1.00 bits per heavy atom. The minimum atomic E-state index is -5.56. The standard InChI is InChI=1S/C32H22N4O11S3.3Na/c37-26-14-9-20-3-1-2-4-25(20)30(26)35-33-22-10-5-18(6-11-22)19-7-12-23(13-8-19)34-36-31-28(50(45,46)47)16-21-15-24(48(39,40)41)17-27(49(42,43)44)29(21)32(31)38;;;/h1-17,37-38H,(H,39,40,41)(H,42,43,44)(H,45,46,47);;;/q;3*+1/p-3. The molecular weight excluding hydrogens is 782 g/mol. The maximum absolute atomic E-state index is 12.1. The maximum atomic E-state index is 12.1. The normalized spacial score (nSPS) is 12.1. The number of nitrogens with zero attached hydrogens (tertiary/aromatic N) is 4. The summed E-state index contributed by atoms with van der Waals surface area (Å²) >= 11 is 0. The third-order valence-electron chi connectivity index (χ3n) is 7.39. The first-order chi connectivity index (χ1) is 23.5. The van der Waals surface area contributed by atoms with Crippen LogP contribution >= 0.6 is 0 Å². The molecule has 6 aromatic rings. The van der Waals surface area contributed by atoms with E-state index in [1.807, 2.05) is 24.3 Å². The number of phenols is 2. The summed E-state index contributed by atoms with van der Waals surface area (Å²) in [6.07, 6.45) is 0. The fraction of sp³-hybridized carbons (Fsp3) is 0. The van der Waals surface area contributed by atoms with Crippen LogP contribution in [0.4, 0.5) is 22.7 Å². The Labute approximate surface area is 369 Å². The minimum Gasteiger partial charge on any atom is -0.744 e. The van der Waals surface area contributed by atoms with Crippen LogP contribution in [-0.2, 0) is 30.4 Å². The van der Waals surface area contributed by atoms with Crippen molar-refractivity contribution in [2.75, 3.05) is 0 Å². The van der Waals surface area contributed by atoms with Crippen LogP contribution in [0.2, 0.25) is 0 Å². The van der Waals surface area contributed by atoms with Crippen molar-refractivity contribution < 1.29 is 138 Å². The molecule has 15 nitrogen and oxygen atoms in total. The molecule has 0 saturated carbocycles. The van der Waals surface area contributed by atoms with Crippen molar-refractivity contribution in [3.63, 3.8) is 0 Å². The van der Waals surface area contributed by atoms with E-state index in [0.717, 1.165) is 16.3 Å². The maximum Gasteiger partial charge on any atom is 1.00 e. The summed E-state index contributed by atoms with van der Waals surface area (Å²) in [5, 5.41) is 37.2.